The Hall–Kier alpha value is -3.07. The zero-order chi connectivity index (χ0) is 29.9. The quantitative estimate of drug-likeness (QED) is 0.107. The van der Waals surface area contributed by atoms with E-state index < -0.39 is 0 Å². The Balaban J connectivity index is 0.000000297. The van der Waals surface area contributed by atoms with Crippen LogP contribution in [0.1, 0.15) is 72.4 Å². The van der Waals surface area contributed by atoms with Gasteiger partial charge in [0, 0.05) is 44.2 Å². The molecule has 2 atom stereocenters. The first-order chi connectivity index (χ1) is 19.4. The molecule has 3 nitrogen and oxygen atoms in total. The average molecular weight is 739 g/mol. The summed E-state index contributed by atoms with van der Waals surface area (Å²) >= 11 is 0. The summed E-state index contributed by atoms with van der Waals surface area (Å²) in [6.07, 6.45) is 6.05. The molecule has 0 amide bonds. The summed E-state index contributed by atoms with van der Waals surface area (Å²) in [7, 11) is 0. The second kappa shape index (κ2) is 13.9. The number of carbonyl (C=O) groups excluding carboxylic acids is 1. The monoisotopic (exact) mass is 739 g/mol. The third-order valence-corrected chi connectivity index (χ3v) is 8.01. The summed E-state index contributed by atoms with van der Waals surface area (Å²) in [6, 6.07) is 23.4. The number of nitrogens with zero attached hydrogens (tertiary/aromatic N) is 1. The number of benzene rings is 3. The van der Waals surface area contributed by atoms with Crippen molar-refractivity contribution in [3.8, 4) is 33.5 Å². The third-order valence-electron chi connectivity index (χ3n) is 8.01. The van der Waals surface area contributed by atoms with Gasteiger partial charge in [0.25, 0.3) is 0 Å². The molecule has 5 rings (SSSR count). The summed E-state index contributed by atoms with van der Waals surface area (Å²) in [5.41, 5.74) is 10.1. The minimum absolute atomic E-state index is 0. The van der Waals surface area contributed by atoms with E-state index in [1.807, 2.05) is 40.0 Å². The normalized spacial score (nSPS) is 13.5. The molecular weight excluding hydrogens is 695 g/mol. The Bertz CT molecular complexity index is 1600. The third kappa shape index (κ3) is 7.46. The van der Waals surface area contributed by atoms with E-state index in [0.29, 0.717) is 0 Å². The molecule has 1 aliphatic carbocycles. The van der Waals surface area contributed by atoms with E-state index in [1.165, 1.54) is 50.2 Å². The number of ketones is 1. The van der Waals surface area contributed by atoms with Crippen molar-refractivity contribution in [2.45, 2.75) is 74.7 Å². The maximum Gasteiger partial charge on any atom is 0.161 e. The van der Waals surface area contributed by atoms with Crippen molar-refractivity contribution in [3.63, 3.8) is 0 Å². The summed E-state index contributed by atoms with van der Waals surface area (Å²) in [6.45, 7) is 16.8. The Morgan fingerprint density at radius 1 is 0.952 bits per heavy atom. The first-order valence-corrected chi connectivity index (χ1v) is 14.9. The first-order valence-electron chi connectivity index (χ1n) is 14.9. The number of allylic oxidation sites excluding steroid dienone is 2. The van der Waals surface area contributed by atoms with Crippen LogP contribution in [0.5, 0.6) is 0 Å². The molecule has 42 heavy (non-hydrogen) atoms. The van der Waals surface area contributed by atoms with Crippen LogP contribution in [-0.4, -0.2) is 15.9 Å². The molecule has 4 aromatic rings. The fraction of sp³-hybridized carbons (Fsp3) is 0.368. The Kier molecular flexibility index (Phi) is 11.1. The number of aliphatic hydroxyl groups excluding tert-OH is 1. The Morgan fingerprint density at radius 2 is 1.67 bits per heavy atom. The fourth-order valence-corrected chi connectivity index (χ4v) is 5.31. The van der Waals surface area contributed by atoms with Gasteiger partial charge in [-0.25, -0.2) is 0 Å². The van der Waals surface area contributed by atoms with Gasteiger partial charge in [-0.05, 0) is 70.8 Å². The molecule has 1 radical (unpaired) electrons. The molecule has 1 heterocycles. The van der Waals surface area contributed by atoms with E-state index in [9.17, 15) is 9.90 Å². The van der Waals surface area contributed by atoms with E-state index in [4.69, 9.17) is 4.98 Å². The molecule has 0 saturated carbocycles. The molecule has 3 aromatic carbocycles. The van der Waals surface area contributed by atoms with Crippen LogP contribution in [0.3, 0.4) is 0 Å². The summed E-state index contributed by atoms with van der Waals surface area (Å²) < 4.78 is 0. The van der Waals surface area contributed by atoms with Gasteiger partial charge in [-0.2, -0.15) is 0 Å². The Morgan fingerprint density at radius 3 is 2.33 bits per heavy atom. The zero-order valence-electron chi connectivity index (χ0n) is 26.3. The molecule has 1 aromatic heterocycles. The predicted octanol–water partition coefficient (Wildman–Crippen LogP) is 10.3. The van der Waals surface area contributed by atoms with Gasteiger partial charge in [0.15, 0.2) is 5.78 Å². The minimum Gasteiger partial charge on any atom is -0.512 e. The Labute approximate surface area is 265 Å². The molecule has 1 N–H and O–H groups in total. The van der Waals surface area contributed by atoms with Crippen molar-refractivity contribution in [2.75, 3.05) is 0 Å². The van der Waals surface area contributed by atoms with Crippen molar-refractivity contribution in [1.82, 2.24) is 4.98 Å². The van der Waals surface area contributed by atoms with Crippen LogP contribution >= 0.6 is 0 Å². The molecule has 1 aliphatic rings. The summed E-state index contributed by atoms with van der Waals surface area (Å²) in [5.74, 6) is 0.354. The van der Waals surface area contributed by atoms with Crippen molar-refractivity contribution in [1.29, 1.82) is 0 Å². The molecule has 4 heteroatoms. The van der Waals surface area contributed by atoms with Crippen LogP contribution in [-0.2, 0) is 31.3 Å². The maximum atomic E-state index is 11.4. The van der Waals surface area contributed by atoms with Gasteiger partial charge in [-0.1, -0.05) is 95.5 Å². The fourth-order valence-electron chi connectivity index (χ4n) is 5.31. The molecular formula is C38H44IrNO2-. The number of carbonyl (C=O) groups is 1. The second-order valence-corrected chi connectivity index (χ2v) is 12.7. The second-order valence-electron chi connectivity index (χ2n) is 12.7. The zero-order valence-corrected chi connectivity index (χ0v) is 28.7. The average Bonchev–Trinajstić information content (AvgIpc) is 3.05. The SMILES string of the molecule is CCC(C)C(=O)/C=C(\O)C(C)CC.Cc1ccc2c(c1)-c1ccc[c-]c1-c1nccc3cc(CC(C)(C)C)cc-2c13.[Ir]. The predicted molar refractivity (Wildman–Crippen MR) is 173 cm³/mol. The number of aryl methyl sites for hydroxylation is 1. The number of hydrogen-bond acceptors (Lipinski definition) is 3. The van der Waals surface area contributed by atoms with Crippen LogP contribution in [0.25, 0.3) is 44.3 Å². The van der Waals surface area contributed by atoms with Crippen LogP contribution in [0.4, 0.5) is 0 Å². The maximum absolute atomic E-state index is 11.4. The molecule has 0 fully saturated rings. The van der Waals surface area contributed by atoms with Gasteiger partial charge >= 0.3 is 0 Å². The molecule has 0 saturated heterocycles. The molecule has 2 unspecified atom stereocenters. The van der Waals surface area contributed by atoms with Crippen molar-refractivity contribution in [2.24, 2.45) is 17.3 Å². The van der Waals surface area contributed by atoms with Gasteiger partial charge in [0.2, 0.25) is 0 Å². The smallest absolute Gasteiger partial charge is 0.161 e. The molecule has 223 valence electrons. The first kappa shape index (κ1) is 33.4. The van der Waals surface area contributed by atoms with Crippen molar-refractivity contribution < 1.29 is 30.0 Å². The van der Waals surface area contributed by atoms with E-state index in [0.717, 1.165) is 30.5 Å². The topological polar surface area (TPSA) is 50.2 Å². The number of rotatable bonds is 6. The van der Waals surface area contributed by atoms with Crippen molar-refractivity contribution in [3.05, 3.63) is 89.8 Å². The number of pyridine rings is 1. The van der Waals surface area contributed by atoms with Gasteiger partial charge < -0.3 is 10.1 Å². The van der Waals surface area contributed by atoms with Gasteiger partial charge in [0.05, 0.1) is 5.76 Å². The van der Waals surface area contributed by atoms with Crippen LogP contribution in [0.15, 0.2) is 72.6 Å². The standard InChI is InChI=1S/C27H24N.C11H20O2.Ir/c1-17-9-10-21-23(13-17)20-7-5-6-8-22(20)26-25-19(11-12-28-26)14-18(15-24(21)25)16-27(2,3)4;1-5-8(3)10(12)7-11(13)9(4)6-2;/h5-7,9-15H,16H2,1-4H3;7-9,12H,5-6H2,1-4H3;/q-1;;/b;10-7-;. The number of hydrogen-bond donors (Lipinski definition) is 1. The molecule has 0 aliphatic heterocycles. The van der Waals surface area contributed by atoms with E-state index in [1.54, 1.807) is 0 Å². The molecule has 0 spiro atoms. The summed E-state index contributed by atoms with van der Waals surface area (Å²) in [5, 5.41) is 12.0. The van der Waals surface area contributed by atoms with Gasteiger partial charge in [-0.3, -0.25) is 4.79 Å². The van der Waals surface area contributed by atoms with Gasteiger partial charge in [-0.15, -0.1) is 29.8 Å². The van der Waals surface area contributed by atoms with Crippen LogP contribution in [0, 0.1) is 30.2 Å². The minimum atomic E-state index is 0. The van der Waals surface area contributed by atoms with E-state index in [2.05, 4.69) is 82.3 Å². The number of aromatic nitrogens is 1. The van der Waals surface area contributed by atoms with Gasteiger partial charge in [0.1, 0.15) is 0 Å². The molecule has 0 bridgehead atoms. The van der Waals surface area contributed by atoms with Crippen LogP contribution < -0.4 is 0 Å². The summed E-state index contributed by atoms with van der Waals surface area (Å²) in [4.78, 5) is 16.2. The van der Waals surface area contributed by atoms with Crippen LogP contribution in [0.2, 0.25) is 0 Å². The van der Waals surface area contributed by atoms with Crippen molar-refractivity contribution >= 4 is 16.6 Å². The number of aliphatic hydroxyl groups is 1. The number of fused-ring (bicyclic) bond motifs is 5. The largest absolute Gasteiger partial charge is 0.512 e. The van der Waals surface area contributed by atoms with E-state index >= 15 is 0 Å². The van der Waals surface area contributed by atoms with E-state index in [-0.39, 0.29) is 48.9 Å².